The first-order chi connectivity index (χ1) is 4.85. The molecule has 0 aromatic rings. The Morgan fingerprint density at radius 2 is 2.30 bits per heavy atom. The fourth-order valence-electron chi connectivity index (χ4n) is 0.767. The highest BCUT2D eigenvalue weighted by Gasteiger charge is 2.00. The van der Waals surface area contributed by atoms with E-state index < -0.39 is 0 Å². The van der Waals surface area contributed by atoms with Gasteiger partial charge in [0, 0.05) is 6.54 Å². The molecule has 2 nitrogen and oxygen atoms in total. The second kappa shape index (κ2) is 6.96. The summed E-state index contributed by atoms with van der Waals surface area (Å²) in [5.41, 5.74) is 5.43. The Morgan fingerprint density at radius 3 is 2.70 bits per heavy atom. The molecule has 0 bridgehead atoms. The van der Waals surface area contributed by atoms with Crippen LogP contribution in [0.5, 0.6) is 0 Å². The maximum absolute atomic E-state index is 11.6. The third kappa shape index (κ3) is 4.70. The summed E-state index contributed by atoms with van der Waals surface area (Å²) in [4.78, 5) is 0. The molecule has 0 saturated heterocycles. The minimum Gasteiger partial charge on any atom is -0.330 e. The quantitative estimate of drug-likeness (QED) is 0.539. The number of alkyl halides is 1. The van der Waals surface area contributed by atoms with Crippen LogP contribution in [0.2, 0.25) is 0 Å². The minimum atomic E-state index is -0.291. The van der Waals surface area contributed by atoms with Crippen molar-refractivity contribution in [1.29, 1.82) is 0 Å². The molecule has 1 atom stereocenters. The Morgan fingerprint density at radius 1 is 1.60 bits per heavy atom. The number of hydrogen-bond acceptors (Lipinski definition) is 2. The van der Waals surface area contributed by atoms with Crippen LogP contribution in [0, 0.1) is 5.92 Å². The van der Waals surface area contributed by atoms with E-state index in [4.69, 9.17) is 5.73 Å². The highest BCUT2D eigenvalue weighted by Crippen LogP contribution is 1.96. The van der Waals surface area contributed by atoms with E-state index in [0.717, 1.165) is 13.0 Å². The van der Waals surface area contributed by atoms with Crippen molar-refractivity contribution >= 4 is 0 Å². The van der Waals surface area contributed by atoms with Crippen molar-refractivity contribution in [2.45, 2.75) is 13.3 Å². The van der Waals surface area contributed by atoms with Crippen molar-refractivity contribution in [2.24, 2.45) is 11.7 Å². The van der Waals surface area contributed by atoms with Crippen LogP contribution >= 0.6 is 0 Å². The molecule has 0 aliphatic heterocycles. The van der Waals surface area contributed by atoms with E-state index in [1.54, 1.807) is 0 Å². The van der Waals surface area contributed by atoms with Crippen molar-refractivity contribution in [3.8, 4) is 0 Å². The van der Waals surface area contributed by atoms with E-state index in [0.29, 0.717) is 19.0 Å². The van der Waals surface area contributed by atoms with Gasteiger partial charge in [-0.05, 0) is 19.0 Å². The van der Waals surface area contributed by atoms with Crippen molar-refractivity contribution in [1.82, 2.24) is 5.32 Å². The number of rotatable bonds is 6. The average Bonchev–Trinajstić information content (AvgIpc) is 1.99. The van der Waals surface area contributed by atoms with Gasteiger partial charge in [0.05, 0.1) is 0 Å². The Kier molecular flexibility index (Phi) is 6.86. The third-order valence-corrected chi connectivity index (χ3v) is 1.61. The third-order valence-electron chi connectivity index (χ3n) is 1.61. The molecule has 0 saturated carbocycles. The van der Waals surface area contributed by atoms with Gasteiger partial charge in [-0.15, -0.1) is 0 Å². The summed E-state index contributed by atoms with van der Waals surface area (Å²) in [5, 5.41) is 2.98. The summed E-state index contributed by atoms with van der Waals surface area (Å²) in [6, 6.07) is 0. The number of nitrogens with one attached hydrogen (secondary N) is 1. The van der Waals surface area contributed by atoms with Crippen LogP contribution in [0.25, 0.3) is 0 Å². The van der Waals surface area contributed by atoms with Crippen LogP contribution in [-0.2, 0) is 0 Å². The van der Waals surface area contributed by atoms with Crippen LogP contribution in [-0.4, -0.2) is 26.3 Å². The van der Waals surface area contributed by atoms with E-state index >= 15 is 0 Å². The highest BCUT2D eigenvalue weighted by molar-refractivity contribution is 4.60. The van der Waals surface area contributed by atoms with Crippen LogP contribution in [0.3, 0.4) is 0 Å². The van der Waals surface area contributed by atoms with Crippen molar-refractivity contribution < 1.29 is 4.39 Å². The van der Waals surface area contributed by atoms with Gasteiger partial charge in [-0.3, -0.25) is 0 Å². The van der Waals surface area contributed by atoms with E-state index in [9.17, 15) is 4.39 Å². The molecule has 0 aromatic carbocycles. The van der Waals surface area contributed by atoms with Crippen LogP contribution in [0.4, 0.5) is 4.39 Å². The zero-order valence-electron chi connectivity index (χ0n) is 6.57. The van der Waals surface area contributed by atoms with E-state index in [1.807, 2.05) is 0 Å². The molecule has 0 radical (unpaired) electrons. The summed E-state index contributed by atoms with van der Waals surface area (Å²) in [7, 11) is 0. The molecule has 0 rings (SSSR count). The Labute approximate surface area is 62.0 Å². The average molecular weight is 148 g/mol. The fourth-order valence-corrected chi connectivity index (χ4v) is 0.767. The molecule has 0 heterocycles. The van der Waals surface area contributed by atoms with Crippen LogP contribution in [0.1, 0.15) is 13.3 Å². The Hall–Kier alpha value is -0.150. The molecule has 0 aliphatic carbocycles. The van der Waals surface area contributed by atoms with Gasteiger partial charge < -0.3 is 11.1 Å². The number of hydrogen-bond donors (Lipinski definition) is 2. The first-order valence-electron chi connectivity index (χ1n) is 3.81. The van der Waals surface area contributed by atoms with Gasteiger partial charge in [0.25, 0.3) is 0 Å². The van der Waals surface area contributed by atoms with Crippen LogP contribution < -0.4 is 11.1 Å². The molecule has 0 aromatic heterocycles. The van der Waals surface area contributed by atoms with Gasteiger partial charge >= 0.3 is 0 Å². The molecule has 10 heavy (non-hydrogen) atoms. The second-order valence-electron chi connectivity index (χ2n) is 2.40. The predicted molar refractivity (Wildman–Crippen MR) is 41.7 cm³/mol. The minimum absolute atomic E-state index is 0.291. The predicted octanol–water partition coefficient (Wildman–Crippen LogP) is 0.530. The van der Waals surface area contributed by atoms with E-state index in [1.165, 1.54) is 0 Å². The first kappa shape index (κ1) is 9.85. The summed E-state index contributed by atoms with van der Waals surface area (Å²) < 4.78 is 11.6. The van der Waals surface area contributed by atoms with Gasteiger partial charge in [0.15, 0.2) is 0 Å². The lowest BCUT2D eigenvalue weighted by atomic mass is 10.1. The van der Waals surface area contributed by atoms with E-state index in [2.05, 4.69) is 12.2 Å². The monoisotopic (exact) mass is 148 g/mol. The van der Waals surface area contributed by atoms with Crippen LogP contribution in [0.15, 0.2) is 0 Å². The molecule has 0 aliphatic rings. The largest absolute Gasteiger partial charge is 0.330 e. The van der Waals surface area contributed by atoms with Gasteiger partial charge in [-0.2, -0.15) is 0 Å². The van der Waals surface area contributed by atoms with Crippen molar-refractivity contribution in [2.75, 3.05) is 26.3 Å². The molecule has 3 N–H and O–H groups in total. The van der Waals surface area contributed by atoms with Gasteiger partial charge in [-0.1, -0.05) is 13.3 Å². The zero-order valence-corrected chi connectivity index (χ0v) is 6.57. The molecule has 0 spiro atoms. The SMILES string of the molecule is CCC(CN)CNCCF. The maximum atomic E-state index is 11.6. The standard InChI is InChI=1S/C7H17FN2/c1-2-7(5-9)6-10-4-3-8/h7,10H,2-6,9H2,1H3. The van der Waals surface area contributed by atoms with Gasteiger partial charge in [-0.25, -0.2) is 4.39 Å². The molecular formula is C7H17FN2. The molecule has 3 heteroatoms. The topological polar surface area (TPSA) is 38.0 Å². The summed E-state index contributed by atoms with van der Waals surface area (Å²) in [5.74, 6) is 0.506. The summed E-state index contributed by atoms with van der Waals surface area (Å²) in [6.45, 7) is 3.79. The lowest BCUT2D eigenvalue weighted by molar-refractivity contribution is 0.425. The lowest BCUT2D eigenvalue weighted by Gasteiger charge is -2.11. The van der Waals surface area contributed by atoms with Gasteiger partial charge in [0.2, 0.25) is 0 Å². The second-order valence-corrected chi connectivity index (χ2v) is 2.40. The van der Waals surface area contributed by atoms with E-state index in [-0.39, 0.29) is 6.67 Å². The maximum Gasteiger partial charge on any atom is 0.102 e. The summed E-state index contributed by atoms with van der Waals surface area (Å²) in [6.07, 6.45) is 1.07. The molecule has 0 fully saturated rings. The Bertz CT molecular complexity index is 64.6. The zero-order chi connectivity index (χ0) is 7.82. The smallest absolute Gasteiger partial charge is 0.102 e. The highest BCUT2D eigenvalue weighted by atomic mass is 19.1. The van der Waals surface area contributed by atoms with Crippen molar-refractivity contribution in [3.63, 3.8) is 0 Å². The number of nitrogens with two attached hydrogens (primary N) is 1. The first-order valence-corrected chi connectivity index (χ1v) is 3.81. The van der Waals surface area contributed by atoms with Crippen molar-refractivity contribution in [3.05, 3.63) is 0 Å². The molecule has 1 unspecified atom stereocenters. The molecular weight excluding hydrogens is 131 g/mol. The lowest BCUT2D eigenvalue weighted by Crippen LogP contribution is -2.29. The Balaban J connectivity index is 3.09. The number of halogens is 1. The molecule has 0 amide bonds. The van der Waals surface area contributed by atoms with Gasteiger partial charge in [0.1, 0.15) is 6.67 Å². The normalized spacial score (nSPS) is 13.5. The molecule has 62 valence electrons. The fraction of sp³-hybridized carbons (Fsp3) is 1.00. The summed E-state index contributed by atoms with van der Waals surface area (Å²) >= 11 is 0.